The summed E-state index contributed by atoms with van der Waals surface area (Å²) in [5.74, 6) is 0.191. The monoisotopic (exact) mass is 154 g/mol. The van der Waals surface area contributed by atoms with E-state index in [2.05, 4.69) is 5.32 Å². The molecule has 1 heterocycles. The Labute approximate surface area is 67.0 Å². The average molecular weight is 154 g/mol. The first kappa shape index (κ1) is 8.51. The molecular weight excluding hydrogens is 140 g/mol. The Bertz CT molecular complexity index is 175. The van der Waals surface area contributed by atoms with E-state index >= 15 is 0 Å². The number of nitrogens with zero attached hydrogens (tertiary/aromatic N) is 1. The number of nitrogens with one attached hydrogen (secondary N) is 1. The normalized spacial score (nSPS) is 38.1. The molecule has 1 rings (SSSR count). The molecule has 0 aliphatic carbocycles. The van der Waals surface area contributed by atoms with E-state index in [0.29, 0.717) is 6.42 Å². The van der Waals surface area contributed by atoms with E-state index in [0.717, 1.165) is 13.1 Å². The summed E-state index contributed by atoms with van der Waals surface area (Å²) in [4.78, 5) is 0. The Hall–Kier alpha value is -0.590. The van der Waals surface area contributed by atoms with Crippen molar-refractivity contribution in [1.82, 2.24) is 5.32 Å². The van der Waals surface area contributed by atoms with Gasteiger partial charge in [0.1, 0.15) is 0 Å². The molecule has 0 spiro atoms. The van der Waals surface area contributed by atoms with Crippen molar-refractivity contribution >= 4 is 0 Å². The highest BCUT2D eigenvalue weighted by Gasteiger charge is 2.35. The Morgan fingerprint density at radius 3 is 3.09 bits per heavy atom. The lowest BCUT2D eigenvalue weighted by Crippen LogP contribution is -2.48. The van der Waals surface area contributed by atoms with Crippen LogP contribution in [0, 0.1) is 17.2 Å². The molecule has 0 amide bonds. The lowest BCUT2D eigenvalue weighted by molar-refractivity contribution is -0.0291. The fourth-order valence-electron chi connectivity index (χ4n) is 1.46. The standard InChI is InChI=1S/C8H14N2O/c1-7-6-10-5-3-8(7,11)2-4-9/h7,10-11H,2-3,5-6H2,1H3. The molecule has 2 atom stereocenters. The van der Waals surface area contributed by atoms with Gasteiger partial charge in [0.15, 0.2) is 0 Å². The van der Waals surface area contributed by atoms with E-state index in [1.807, 2.05) is 13.0 Å². The van der Waals surface area contributed by atoms with Crippen LogP contribution in [-0.2, 0) is 0 Å². The molecule has 0 aromatic carbocycles. The Morgan fingerprint density at radius 2 is 2.55 bits per heavy atom. The van der Waals surface area contributed by atoms with Gasteiger partial charge < -0.3 is 10.4 Å². The van der Waals surface area contributed by atoms with Gasteiger partial charge >= 0.3 is 0 Å². The third kappa shape index (κ3) is 1.70. The van der Waals surface area contributed by atoms with Crippen LogP contribution < -0.4 is 5.32 Å². The molecule has 0 bridgehead atoms. The first-order chi connectivity index (χ1) is 5.19. The molecule has 0 radical (unpaired) electrons. The minimum Gasteiger partial charge on any atom is -0.388 e. The van der Waals surface area contributed by atoms with Crippen molar-refractivity contribution in [3.63, 3.8) is 0 Å². The van der Waals surface area contributed by atoms with Gasteiger partial charge in [-0.3, -0.25) is 0 Å². The van der Waals surface area contributed by atoms with Crippen molar-refractivity contribution < 1.29 is 5.11 Å². The molecule has 1 fully saturated rings. The molecule has 2 N–H and O–H groups in total. The van der Waals surface area contributed by atoms with Crippen LogP contribution in [-0.4, -0.2) is 23.8 Å². The van der Waals surface area contributed by atoms with Crippen molar-refractivity contribution in [2.75, 3.05) is 13.1 Å². The zero-order valence-electron chi connectivity index (χ0n) is 6.80. The zero-order valence-corrected chi connectivity index (χ0v) is 6.80. The van der Waals surface area contributed by atoms with Gasteiger partial charge in [-0.15, -0.1) is 0 Å². The number of aliphatic hydroxyl groups is 1. The minimum absolute atomic E-state index is 0.191. The second-order valence-corrected chi connectivity index (χ2v) is 3.29. The topological polar surface area (TPSA) is 56.0 Å². The predicted octanol–water partition coefficient (Wildman–Crippen LogP) is 0.261. The van der Waals surface area contributed by atoms with E-state index in [4.69, 9.17) is 5.26 Å². The number of nitriles is 1. The largest absolute Gasteiger partial charge is 0.388 e. The molecule has 62 valence electrons. The average Bonchev–Trinajstić information content (AvgIpc) is 1.96. The van der Waals surface area contributed by atoms with E-state index in [1.54, 1.807) is 0 Å². The Balaban J connectivity index is 2.58. The van der Waals surface area contributed by atoms with Gasteiger partial charge in [0, 0.05) is 6.54 Å². The third-order valence-electron chi connectivity index (χ3n) is 2.49. The molecule has 3 heteroatoms. The van der Waals surface area contributed by atoms with Crippen molar-refractivity contribution in [2.45, 2.75) is 25.4 Å². The van der Waals surface area contributed by atoms with Crippen molar-refractivity contribution in [3.8, 4) is 6.07 Å². The lowest BCUT2D eigenvalue weighted by atomic mass is 9.81. The fourth-order valence-corrected chi connectivity index (χ4v) is 1.46. The maximum absolute atomic E-state index is 9.88. The number of hydrogen-bond donors (Lipinski definition) is 2. The molecule has 1 aliphatic rings. The number of piperidine rings is 1. The summed E-state index contributed by atoms with van der Waals surface area (Å²) in [6.45, 7) is 3.62. The highest BCUT2D eigenvalue weighted by Crippen LogP contribution is 2.26. The first-order valence-electron chi connectivity index (χ1n) is 3.99. The van der Waals surface area contributed by atoms with Gasteiger partial charge in [-0.25, -0.2) is 0 Å². The quantitative estimate of drug-likeness (QED) is 0.569. The van der Waals surface area contributed by atoms with Gasteiger partial charge in [-0.1, -0.05) is 6.92 Å². The molecule has 0 saturated carbocycles. The molecule has 1 saturated heterocycles. The molecule has 1 aliphatic heterocycles. The first-order valence-corrected chi connectivity index (χ1v) is 3.99. The molecule has 2 unspecified atom stereocenters. The van der Waals surface area contributed by atoms with Crippen LogP contribution in [0.15, 0.2) is 0 Å². The Kier molecular flexibility index (Phi) is 2.48. The summed E-state index contributed by atoms with van der Waals surface area (Å²) in [5.41, 5.74) is -0.736. The van der Waals surface area contributed by atoms with Crippen LogP contribution in [0.25, 0.3) is 0 Å². The number of hydrogen-bond acceptors (Lipinski definition) is 3. The van der Waals surface area contributed by atoms with Crippen LogP contribution in [0.4, 0.5) is 0 Å². The summed E-state index contributed by atoms with van der Waals surface area (Å²) in [7, 11) is 0. The highest BCUT2D eigenvalue weighted by atomic mass is 16.3. The molecule has 11 heavy (non-hydrogen) atoms. The van der Waals surface area contributed by atoms with Crippen molar-refractivity contribution in [1.29, 1.82) is 5.26 Å². The summed E-state index contributed by atoms with van der Waals surface area (Å²) in [6.07, 6.45) is 0.956. The molecule has 0 aromatic heterocycles. The second kappa shape index (κ2) is 3.21. The van der Waals surface area contributed by atoms with E-state index in [9.17, 15) is 5.11 Å². The molecular formula is C8H14N2O. The summed E-state index contributed by atoms with van der Waals surface area (Å²) >= 11 is 0. The lowest BCUT2D eigenvalue weighted by Gasteiger charge is -2.36. The summed E-state index contributed by atoms with van der Waals surface area (Å²) in [5, 5.41) is 21.5. The second-order valence-electron chi connectivity index (χ2n) is 3.29. The number of rotatable bonds is 1. The fraction of sp³-hybridized carbons (Fsp3) is 0.875. The highest BCUT2D eigenvalue weighted by molar-refractivity contribution is 4.95. The third-order valence-corrected chi connectivity index (χ3v) is 2.49. The summed E-state index contributed by atoms with van der Waals surface area (Å²) in [6, 6.07) is 2.03. The van der Waals surface area contributed by atoms with Crippen LogP contribution in [0.1, 0.15) is 19.8 Å². The predicted molar refractivity (Wildman–Crippen MR) is 41.8 cm³/mol. The van der Waals surface area contributed by atoms with Gasteiger partial charge in [0.05, 0.1) is 18.1 Å². The smallest absolute Gasteiger partial charge is 0.0826 e. The molecule has 3 nitrogen and oxygen atoms in total. The van der Waals surface area contributed by atoms with Crippen molar-refractivity contribution in [2.24, 2.45) is 5.92 Å². The van der Waals surface area contributed by atoms with E-state index in [-0.39, 0.29) is 12.3 Å². The van der Waals surface area contributed by atoms with E-state index < -0.39 is 5.60 Å². The minimum atomic E-state index is -0.736. The Morgan fingerprint density at radius 1 is 1.82 bits per heavy atom. The van der Waals surface area contributed by atoms with Crippen LogP contribution in [0.2, 0.25) is 0 Å². The van der Waals surface area contributed by atoms with Crippen molar-refractivity contribution in [3.05, 3.63) is 0 Å². The van der Waals surface area contributed by atoms with Gasteiger partial charge in [-0.2, -0.15) is 5.26 Å². The summed E-state index contributed by atoms with van der Waals surface area (Å²) < 4.78 is 0. The van der Waals surface area contributed by atoms with Crippen LogP contribution in [0.5, 0.6) is 0 Å². The van der Waals surface area contributed by atoms with E-state index in [1.165, 1.54) is 0 Å². The zero-order chi connectivity index (χ0) is 8.32. The van der Waals surface area contributed by atoms with Gasteiger partial charge in [-0.05, 0) is 18.9 Å². The SMILES string of the molecule is CC1CNCCC1(O)CC#N. The maximum Gasteiger partial charge on any atom is 0.0826 e. The van der Waals surface area contributed by atoms with Crippen LogP contribution in [0.3, 0.4) is 0 Å². The van der Waals surface area contributed by atoms with Crippen LogP contribution >= 0.6 is 0 Å². The van der Waals surface area contributed by atoms with Gasteiger partial charge in [0.2, 0.25) is 0 Å². The molecule has 0 aromatic rings. The maximum atomic E-state index is 9.88. The van der Waals surface area contributed by atoms with Gasteiger partial charge in [0.25, 0.3) is 0 Å².